The quantitative estimate of drug-likeness (QED) is 0.549. The van der Waals surface area contributed by atoms with E-state index in [2.05, 4.69) is 11.3 Å². The number of hydrogen-bond acceptors (Lipinski definition) is 3. The summed E-state index contributed by atoms with van der Waals surface area (Å²) in [5.41, 5.74) is 1.31. The predicted octanol–water partition coefficient (Wildman–Crippen LogP) is 4.90. The molecule has 4 nitrogen and oxygen atoms in total. The molecule has 0 saturated heterocycles. The summed E-state index contributed by atoms with van der Waals surface area (Å²) < 4.78 is 21.2. The molecule has 0 unspecified atom stereocenters. The lowest BCUT2D eigenvalue weighted by molar-refractivity contribution is -0.150. The van der Waals surface area contributed by atoms with Crippen molar-refractivity contribution in [1.82, 2.24) is 4.72 Å². The fourth-order valence-corrected chi connectivity index (χ4v) is 3.43. The average Bonchev–Trinajstić information content (AvgIpc) is 2.59. The molecule has 0 amide bonds. The number of carbonyl (C=O) groups is 1. The van der Waals surface area contributed by atoms with Gasteiger partial charge in [-0.25, -0.2) is 13.7 Å². The number of rotatable bonds is 6. The molecule has 0 saturated carbocycles. The van der Waals surface area contributed by atoms with Crippen LogP contribution in [0.2, 0.25) is 5.02 Å². The summed E-state index contributed by atoms with van der Waals surface area (Å²) in [4.78, 5) is 13.1. The van der Waals surface area contributed by atoms with Crippen molar-refractivity contribution in [2.75, 3.05) is 0 Å². The zero-order chi connectivity index (χ0) is 20.2. The Bertz CT molecular complexity index is 839. The molecule has 2 atom stereocenters. The Labute approximate surface area is 168 Å². The number of benzene rings is 2. The van der Waals surface area contributed by atoms with Crippen molar-refractivity contribution in [3.63, 3.8) is 0 Å². The lowest BCUT2D eigenvalue weighted by Crippen LogP contribution is -2.32. The monoisotopic (exact) mass is 405 g/mol. The van der Waals surface area contributed by atoms with Crippen molar-refractivity contribution < 1.29 is 13.7 Å². The van der Waals surface area contributed by atoms with Crippen LogP contribution in [-0.4, -0.2) is 15.8 Å². The molecule has 0 bridgehead atoms. The Morgan fingerprint density at radius 1 is 1.11 bits per heavy atom. The molecule has 0 aliphatic rings. The predicted molar refractivity (Wildman–Crippen MR) is 110 cm³/mol. The van der Waals surface area contributed by atoms with Gasteiger partial charge in [0.25, 0.3) is 0 Å². The second-order valence-electron chi connectivity index (χ2n) is 7.21. The summed E-state index contributed by atoms with van der Waals surface area (Å²) in [6, 6.07) is 13.6. The van der Waals surface area contributed by atoms with E-state index in [1.54, 1.807) is 57.2 Å². The van der Waals surface area contributed by atoms with Crippen molar-refractivity contribution in [2.24, 2.45) is 0 Å². The summed E-state index contributed by atoms with van der Waals surface area (Å²) in [7, 11) is -1.54. The molecule has 2 aromatic carbocycles. The molecule has 2 aromatic rings. The third-order valence-corrected chi connectivity index (χ3v) is 5.07. The summed E-state index contributed by atoms with van der Waals surface area (Å²) in [6.45, 7) is 11.2. The van der Waals surface area contributed by atoms with Crippen LogP contribution < -0.4 is 4.72 Å². The van der Waals surface area contributed by atoms with Crippen molar-refractivity contribution in [3.8, 4) is 0 Å². The maximum Gasteiger partial charge on any atom is 0.335 e. The van der Waals surface area contributed by atoms with E-state index in [0.29, 0.717) is 9.92 Å². The molecular formula is C21H24ClNO3S. The van der Waals surface area contributed by atoms with Crippen LogP contribution in [0.3, 0.4) is 0 Å². The van der Waals surface area contributed by atoms with Crippen molar-refractivity contribution >= 4 is 28.6 Å². The van der Waals surface area contributed by atoms with Gasteiger partial charge in [0.2, 0.25) is 0 Å². The van der Waals surface area contributed by atoms with Gasteiger partial charge in [0.15, 0.2) is 0 Å². The molecule has 6 heteroatoms. The highest BCUT2D eigenvalue weighted by Crippen LogP contribution is 2.26. The summed E-state index contributed by atoms with van der Waals surface area (Å²) in [5, 5.41) is 0.569. The highest BCUT2D eigenvalue weighted by Gasteiger charge is 2.27. The van der Waals surface area contributed by atoms with Gasteiger partial charge in [-0.05, 0) is 57.5 Å². The number of ether oxygens (including phenoxy) is 1. The fourth-order valence-electron chi connectivity index (χ4n) is 2.29. The Morgan fingerprint density at radius 3 is 2.19 bits per heavy atom. The second-order valence-corrected chi connectivity index (χ2v) is 8.89. The van der Waals surface area contributed by atoms with E-state index >= 15 is 0 Å². The van der Waals surface area contributed by atoms with Gasteiger partial charge in [-0.15, -0.1) is 0 Å². The van der Waals surface area contributed by atoms with Crippen LogP contribution in [0.5, 0.6) is 0 Å². The van der Waals surface area contributed by atoms with Gasteiger partial charge in [0.05, 0.1) is 16.5 Å². The standard InChI is InChI=1S/C21H24ClNO3S/c1-14-6-12-18(13-7-14)27(25)23-19(16-8-10-17(22)11-9-16)15(2)20(24)26-21(3,4)5/h6-13,19,23H,2H2,1,3-5H3/t19-,27+/m1/s1. The van der Waals surface area contributed by atoms with Gasteiger partial charge in [0, 0.05) is 5.02 Å². The second kappa shape index (κ2) is 8.83. The van der Waals surface area contributed by atoms with Crippen LogP contribution in [0.25, 0.3) is 0 Å². The Kier molecular flexibility index (Phi) is 6.98. The minimum atomic E-state index is -1.54. The van der Waals surface area contributed by atoms with Gasteiger partial charge in [-0.3, -0.25) is 0 Å². The molecule has 0 fully saturated rings. The van der Waals surface area contributed by atoms with Crippen molar-refractivity contribution in [2.45, 2.75) is 44.2 Å². The first-order chi connectivity index (χ1) is 12.6. The average molecular weight is 406 g/mol. The van der Waals surface area contributed by atoms with E-state index in [9.17, 15) is 9.00 Å². The van der Waals surface area contributed by atoms with Crippen LogP contribution in [0.4, 0.5) is 0 Å². The third kappa shape index (κ3) is 6.31. The molecule has 0 heterocycles. The summed E-state index contributed by atoms with van der Waals surface area (Å²) in [6.07, 6.45) is 0. The Balaban J connectivity index is 2.30. The molecule has 0 spiro atoms. The topological polar surface area (TPSA) is 55.4 Å². The highest BCUT2D eigenvalue weighted by molar-refractivity contribution is 7.83. The van der Waals surface area contributed by atoms with E-state index in [1.165, 1.54) is 0 Å². The first-order valence-electron chi connectivity index (χ1n) is 8.49. The van der Waals surface area contributed by atoms with E-state index in [4.69, 9.17) is 16.3 Å². The number of carbonyl (C=O) groups excluding carboxylic acids is 1. The maximum atomic E-state index is 12.8. The third-order valence-electron chi connectivity index (χ3n) is 3.67. The number of aryl methyl sites for hydroxylation is 1. The van der Waals surface area contributed by atoms with Gasteiger partial charge < -0.3 is 4.74 Å². The van der Waals surface area contributed by atoms with Crippen LogP contribution >= 0.6 is 11.6 Å². The lowest BCUT2D eigenvalue weighted by atomic mass is 10.0. The number of esters is 1. The SMILES string of the molecule is C=C(C(=O)OC(C)(C)C)[C@@H](N[S@@](=O)c1ccc(C)cc1)c1ccc(Cl)cc1. The van der Waals surface area contributed by atoms with Crippen LogP contribution in [0.15, 0.2) is 65.6 Å². The molecule has 1 N–H and O–H groups in total. The summed E-state index contributed by atoms with van der Waals surface area (Å²) >= 11 is 5.97. The lowest BCUT2D eigenvalue weighted by Gasteiger charge is -2.24. The van der Waals surface area contributed by atoms with Crippen LogP contribution in [0, 0.1) is 6.92 Å². The zero-order valence-electron chi connectivity index (χ0n) is 15.9. The summed E-state index contributed by atoms with van der Waals surface area (Å²) in [5.74, 6) is -0.546. The van der Waals surface area contributed by atoms with E-state index in [0.717, 1.165) is 11.1 Å². The first-order valence-corrected chi connectivity index (χ1v) is 10.0. The van der Waals surface area contributed by atoms with E-state index < -0.39 is 28.6 Å². The Hall–Kier alpha value is -1.95. The minimum Gasteiger partial charge on any atom is -0.457 e. The molecule has 27 heavy (non-hydrogen) atoms. The molecule has 2 rings (SSSR count). The van der Waals surface area contributed by atoms with Crippen LogP contribution in [0.1, 0.15) is 37.9 Å². The Morgan fingerprint density at radius 2 is 1.67 bits per heavy atom. The largest absolute Gasteiger partial charge is 0.457 e. The van der Waals surface area contributed by atoms with E-state index in [1.807, 2.05) is 19.1 Å². The van der Waals surface area contributed by atoms with E-state index in [-0.39, 0.29) is 5.57 Å². The fraction of sp³-hybridized carbons (Fsp3) is 0.286. The maximum absolute atomic E-state index is 12.8. The molecule has 0 aromatic heterocycles. The van der Waals surface area contributed by atoms with Gasteiger partial charge in [-0.2, -0.15) is 0 Å². The molecular weight excluding hydrogens is 382 g/mol. The molecule has 0 radical (unpaired) electrons. The zero-order valence-corrected chi connectivity index (χ0v) is 17.5. The number of nitrogens with one attached hydrogen (secondary N) is 1. The molecule has 0 aliphatic carbocycles. The number of halogens is 1. The van der Waals surface area contributed by atoms with Gasteiger partial charge >= 0.3 is 5.97 Å². The number of hydrogen-bond donors (Lipinski definition) is 1. The minimum absolute atomic E-state index is 0.174. The van der Waals surface area contributed by atoms with Gasteiger partial charge in [-0.1, -0.05) is 48.0 Å². The molecule has 0 aliphatic heterocycles. The van der Waals surface area contributed by atoms with Crippen molar-refractivity contribution in [1.29, 1.82) is 0 Å². The normalized spacial score (nSPS) is 13.7. The molecule has 144 valence electrons. The van der Waals surface area contributed by atoms with Gasteiger partial charge in [0.1, 0.15) is 16.6 Å². The first kappa shape index (κ1) is 21.4. The van der Waals surface area contributed by atoms with Crippen molar-refractivity contribution in [3.05, 3.63) is 76.8 Å². The van der Waals surface area contributed by atoms with Crippen LogP contribution in [-0.2, 0) is 20.5 Å². The smallest absolute Gasteiger partial charge is 0.335 e. The highest BCUT2D eigenvalue weighted by atomic mass is 35.5.